The maximum atomic E-state index is 13.1. The molecule has 3 rings (SSSR count). The summed E-state index contributed by atoms with van der Waals surface area (Å²) in [6.07, 6.45) is 0.691. The summed E-state index contributed by atoms with van der Waals surface area (Å²) in [5.41, 5.74) is 0.554. The number of esters is 1. The van der Waals surface area contributed by atoms with Crippen molar-refractivity contribution in [3.8, 4) is 6.07 Å². The van der Waals surface area contributed by atoms with Gasteiger partial charge in [0.25, 0.3) is 0 Å². The molecule has 4 nitrogen and oxygen atoms in total. The van der Waals surface area contributed by atoms with Crippen LogP contribution in [0.5, 0.6) is 0 Å². The minimum atomic E-state index is -1.01. The van der Waals surface area contributed by atoms with Gasteiger partial charge in [-0.05, 0) is 54.2 Å². The molecule has 1 fully saturated rings. The zero-order chi connectivity index (χ0) is 22.8. The van der Waals surface area contributed by atoms with E-state index < -0.39 is 17.4 Å². The predicted molar refractivity (Wildman–Crippen MR) is 124 cm³/mol. The summed E-state index contributed by atoms with van der Waals surface area (Å²) < 4.78 is 5.41. The lowest BCUT2D eigenvalue weighted by atomic mass is 9.63. The number of benzene rings is 2. The molecule has 0 bridgehead atoms. The van der Waals surface area contributed by atoms with Crippen LogP contribution in [0.3, 0.4) is 0 Å². The molecule has 6 heteroatoms. The van der Waals surface area contributed by atoms with E-state index in [-0.39, 0.29) is 24.0 Å². The standard InChI is InChI=1S/C25H28Cl2N2O2/c1-5-31-23(30)22-21(16-7-6-8-19(27)13-16)25(15-28,17-9-11-18(26)12-10-17)20(29-22)14-24(2,3)4/h6-13,20-22,29H,5,14H2,1-4H3/t20-,21-,22+,25-/m0/s1. The predicted octanol–water partition coefficient (Wildman–Crippen LogP) is 5.88. The van der Waals surface area contributed by atoms with Gasteiger partial charge in [0, 0.05) is 22.0 Å². The van der Waals surface area contributed by atoms with Crippen molar-refractivity contribution >= 4 is 29.2 Å². The van der Waals surface area contributed by atoms with Crippen molar-refractivity contribution in [1.29, 1.82) is 5.26 Å². The summed E-state index contributed by atoms with van der Waals surface area (Å²) in [6, 6.07) is 16.4. The monoisotopic (exact) mass is 458 g/mol. The van der Waals surface area contributed by atoms with E-state index in [4.69, 9.17) is 27.9 Å². The second-order valence-corrected chi connectivity index (χ2v) is 10.1. The molecule has 0 aromatic heterocycles. The van der Waals surface area contributed by atoms with E-state index in [0.717, 1.165) is 11.1 Å². The Labute approximate surface area is 194 Å². The highest BCUT2D eigenvalue weighted by atomic mass is 35.5. The SMILES string of the molecule is CCOC(=O)[C@@H]1N[C@@H](CC(C)(C)C)[C@](C#N)(c2ccc(Cl)cc2)[C@H]1c1cccc(Cl)c1. The third-order valence-electron chi connectivity index (χ3n) is 5.83. The Hall–Kier alpha value is -2.06. The van der Waals surface area contributed by atoms with E-state index in [9.17, 15) is 10.1 Å². The highest BCUT2D eigenvalue weighted by molar-refractivity contribution is 6.30. The fourth-order valence-electron chi connectivity index (χ4n) is 4.67. The largest absolute Gasteiger partial charge is 0.465 e. The van der Waals surface area contributed by atoms with Crippen LogP contribution in [-0.2, 0) is 14.9 Å². The summed E-state index contributed by atoms with van der Waals surface area (Å²) in [5.74, 6) is -0.846. The maximum absolute atomic E-state index is 13.1. The lowest BCUT2D eigenvalue weighted by molar-refractivity contribution is -0.145. The molecule has 0 spiro atoms. The third-order valence-corrected chi connectivity index (χ3v) is 6.31. The Morgan fingerprint density at radius 2 is 1.84 bits per heavy atom. The zero-order valence-electron chi connectivity index (χ0n) is 18.3. The van der Waals surface area contributed by atoms with Gasteiger partial charge < -0.3 is 4.74 Å². The summed E-state index contributed by atoms with van der Waals surface area (Å²) in [6.45, 7) is 8.44. The molecular weight excluding hydrogens is 431 g/mol. The lowest BCUT2D eigenvalue weighted by Gasteiger charge is -2.37. The van der Waals surface area contributed by atoms with Crippen LogP contribution in [0.25, 0.3) is 0 Å². The van der Waals surface area contributed by atoms with Crippen LogP contribution in [0.2, 0.25) is 10.0 Å². The van der Waals surface area contributed by atoms with Crippen molar-refractivity contribution in [3.63, 3.8) is 0 Å². The van der Waals surface area contributed by atoms with Crippen LogP contribution in [0.4, 0.5) is 0 Å². The van der Waals surface area contributed by atoms with Crippen LogP contribution in [0.15, 0.2) is 48.5 Å². The van der Waals surface area contributed by atoms with E-state index in [2.05, 4.69) is 32.2 Å². The molecule has 1 aliphatic heterocycles. The number of carbonyl (C=O) groups is 1. The minimum absolute atomic E-state index is 0.0748. The van der Waals surface area contributed by atoms with Gasteiger partial charge in [0.2, 0.25) is 0 Å². The highest BCUT2D eigenvalue weighted by Crippen LogP contribution is 2.51. The fraction of sp³-hybridized carbons (Fsp3) is 0.440. The number of ether oxygens (including phenoxy) is 1. The molecule has 0 radical (unpaired) electrons. The first-order valence-corrected chi connectivity index (χ1v) is 11.2. The van der Waals surface area contributed by atoms with Crippen LogP contribution in [0.1, 0.15) is 51.2 Å². The van der Waals surface area contributed by atoms with Gasteiger partial charge in [-0.2, -0.15) is 5.26 Å². The van der Waals surface area contributed by atoms with E-state index in [0.29, 0.717) is 16.5 Å². The molecule has 1 heterocycles. The van der Waals surface area contributed by atoms with Gasteiger partial charge in [-0.25, -0.2) is 0 Å². The minimum Gasteiger partial charge on any atom is -0.465 e. The Morgan fingerprint density at radius 3 is 2.39 bits per heavy atom. The van der Waals surface area contributed by atoms with Crippen molar-refractivity contribution < 1.29 is 9.53 Å². The Balaban J connectivity index is 2.27. The van der Waals surface area contributed by atoms with Gasteiger partial charge in [0.1, 0.15) is 11.5 Å². The number of nitrogens with zero attached hydrogens (tertiary/aromatic N) is 1. The van der Waals surface area contributed by atoms with Crippen molar-refractivity contribution in [2.45, 2.75) is 57.5 Å². The van der Waals surface area contributed by atoms with Crippen LogP contribution in [-0.4, -0.2) is 24.7 Å². The summed E-state index contributed by atoms with van der Waals surface area (Å²) in [5, 5.41) is 15.4. The first-order chi connectivity index (χ1) is 14.6. The highest BCUT2D eigenvalue weighted by Gasteiger charge is 2.60. The number of hydrogen-bond donors (Lipinski definition) is 1. The van der Waals surface area contributed by atoms with Crippen LogP contribution in [0, 0.1) is 16.7 Å². The Kier molecular flexibility index (Phi) is 7.01. The molecule has 31 heavy (non-hydrogen) atoms. The lowest BCUT2D eigenvalue weighted by Crippen LogP contribution is -2.44. The molecule has 0 aliphatic carbocycles. The number of nitriles is 1. The van der Waals surface area contributed by atoms with Gasteiger partial charge in [0.15, 0.2) is 0 Å². The third kappa shape index (κ3) is 4.75. The van der Waals surface area contributed by atoms with E-state index in [1.807, 2.05) is 30.3 Å². The van der Waals surface area contributed by atoms with Gasteiger partial charge in [-0.15, -0.1) is 0 Å². The van der Waals surface area contributed by atoms with Crippen molar-refractivity contribution in [1.82, 2.24) is 5.32 Å². The average Bonchev–Trinajstić information content (AvgIpc) is 3.02. The molecule has 1 aliphatic rings. The first-order valence-electron chi connectivity index (χ1n) is 10.5. The van der Waals surface area contributed by atoms with Gasteiger partial charge in [-0.1, -0.05) is 68.2 Å². The number of hydrogen-bond acceptors (Lipinski definition) is 4. The smallest absolute Gasteiger partial charge is 0.323 e. The van der Waals surface area contributed by atoms with Gasteiger partial charge >= 0.3 is 5.97 Å². The summed E-state index contributed by atoms with van der Waals surface area (Å²) >= 11 is 12.5. The topological polar surface area (TPSA) is 62.1 Å². The first kappa shape index (κ1) is 23.6. The number of carbonyl (C=O) groups excluding carboxylic acids is 1. The van der Waals surface area contributed by atoms with Crippen molar-refractivity contribution in [3.05, 3.63) is 69.7 Å². The van der Waals surface area contributed by atoms with E-state index in [1.54, 1.807) is 25.1 Å². The molecule has 0 amide bonds. The van der Waals surface area contributed by atoms with Crippen LogP contribution < -0.4 is 5.32 Å². The molecule has 2 aromatic rings. The molecule has 0 saturated carbocycles. The Morgan fingerprint density at radius 1 is 1.16 bits per heavy atom. The van der Waals surface area contributed by atoms with E-state index >= 15 is 0 Å². The molecule has 0 unspecified atom stereocenters. The number of nitrogens with one attached hydrogen (secondary N) is 1. The maximum Gasteiger partial charge on any atom is 0.323 e. The second kappa shape index (κ2) is 9.20. The molecule has 1 N–H and O–H groups in total. The number of rotatable bonds is 5. The molecule has 164 valence electrons. The quantitative estimate of drug-likeness (QED) is 0.568. The molecular formula is C25H28Cl2N2O2. The fourth-order valence-corrected chi connectivity index (χ4v) is 4.99. The molecule has 2 aromatic carbocycles. The van der Waals surface area contributed by atoms with Crippen molar-refractivity contribution in [2.24, 2.45) is 5.41 Å². The average molecular weight is 459 g/mol. The van der Waals surface area contributed by atoms with Crippen LogP contribution >= 0.6 is 23.2 Å². The summed E-state index contributed by atoms with van der Waals surface area (Å²) in [4.78, 5) is 13.1. The molecule has 4 atom stereocenters. The number of halogens is 2. The Bertz CT molecular complexity index is 978. The van der Waals surface area contributed by atoms with E-state index in [1.165, 1.54) is 0 Å². The molecule has 1 saturated heterocycles. The van der Waals surface area contributed by atoms with Crippen molar-refractivity contribution in [2.75, 3.05) is 6.61 Å². The second-order valence-electron chi connectivity index (χ2n) is 9.23. The summed E-state index contributed by atoms with van der Waals surface area (Å²) in [7, 11) is 0. The van der Waals surface area contributed by atoms with Gasteiger partial charge in [0.05, 0.1) is 12.7 Å². The van der Waals surface area contributed by atoms with Gasteiger partial charge in [-0.3, -0.25) is 10.1 Å². The zero-order valence-corrected chi connectivity index (χ0v) is 19.8. The normalized spacial score (nSPS) is 25.8.